The minimum atomic E-state index is -0.377. The number of hydrogen-bond donors (Lipinski definition) is 0. The molecule has 0 saturated heterocycles. The molecular weight excluding hydrogens is 322 g/mol. The van der Waals surface area contributed by atoms with Crippen LogP contribution in [0.3, 0.4) is 0 Å². The molecule has 0 amide bonds. The fraction of sp³-hybridized carbons (Fsp3) is 0.0625. The van der Waals surface area contributed by atoms with Gasteiger partial charge in [-0.3, -0.25) is 9.59 Å². The van der Waals surface area contributed by atoms with Crippen LogP contribution in [0.4, 0.5) is 0 Å². The van der Waals surface area contributed by atoms with Gasteiger partial charge in [0.15, 0.2) is 0 Å². The van der Waals surface area contributed by atoms with Gasteiger partial charge in [0.05, 0.1) is 10.9 Å². The molecule has 22 heavy (non-hydrogen) atoms. The molecule has 0 fully saturated rings. The van der Waals surface area contributed by atoms with Crippen LogP contribution in [-0.2, 0) is 4.79 Å². The maximum absolute atomic E-state index is 12.2. The third kappa shape index (κ3) is 3.00. The van der Waals surface area contributed by atoms with E-state index in [1.807, 2.05) is 0 Å². The van der Waals surface area contributed by atoms with E-state index in [4.69, 9.17) is 16.3 Å². The van der Waals surface area contributed by atoms with Crippen molar-refractivity contribution in [1.29, 1.82) is 0 Å². The molecule has 0 atom stereocenters. The van der Waals surface area contributed by atoms with E-state index in [0.717, 1.165) is 16.9 Å². The fourth-order valence-electron chi connectivity index (χ4n) is 2.00. The van der Waals surface area contributed by atoms with E-state index in [9.17, 15) is 9.59 Å². The zero-order valence-corrected chi connectivity index (χ0v) is 13.1. The highest BCUT2D eigenvalue weighted by molar-refractivity contribution is 7.13. The fourth-order valence-corrected chi connectivity index (χ4v) is 3.02. The van der Waals surface area contributed by atoms with Crippen molar-refractivity contribution in [2.24, 2.45) is 0 Å². The molecule has 3 aromatic rings. The first-order valence-corrected chi connectivity index (χ1v) is 7.61. The zero-order chi connectivity index (χ0) is 15.7. The van der Waals surface area contributed by atoms with Gasteiger partial charge in [-0.25, -0.2) is 4.98 Å². The molecule has 0 aliphatic carbocycles. The lowest BCUT2D eigenvalue weighted by molar-refractivity contribution is -0.131. The molecule has 1 heterocycles. The van der Waals surface area contributed by atoms with Crippen molar-refractivity contribution in [3.63, 3.8) is 0 Å². The van der Waals surface area contributed by atoms with E-state index in [1.165, 1.54) is 6.92 Å². The lowest BCUT2D eigenvalue weighted by Gasteiger charge is -2.04. The van der Waals surface area contributed by atoms with Crippen LogP contribution in [0.1, 0.15) is 6.92 Å². The summed E-state index contributed by atoms with van der Waals surface area (Å²) in [5.41, 5.74) is 1.39. The quantitative estimate of drug-likeness (QED) is 0.528. The normalized spacial score (nSPS) is 10.6. The molecule has 0 unspecified atom stereocenters. The molecule has 2 aromatic carbocycles. The van der Waals surface area contributed by atoms with Gasteiger partial charge in [0.1, 0.15) is 10.8 Å². The van der Waals surface area contributed by atoms with Gasteiger partial charge in [-0.05, 0) is 42.5 Å². The summed E-state index contributed by atoms with van der Waals surface area (Å²) in [6, 6.07) is 11.9. The molecule has 0 spiro atoms. The van der Waals surface area contributed by atoms with Crippen molar-refractivity contribution in [2.45, 2.75) is 6.92 Å². The Morgan fingerprint density at radius 2 is 1.91 bits per heavy atom. The Morgan fingerprint density at radius 1 is 1.18 bits per heavy atom. The van der Waals surface area contributed by atoms with Gasteiger partial charge in [0.2, 0.25) is 4.74 Å². The van der Waals surface area contributed by atoms with Gasteiger partial charge >= 0.3 is 5.97 Å². The predicted molar refractivity (Wildman–Crippen MR) is 87.6 cm³/mol. The number of carbonyl (C=O) groups is 1. The zero-order valence-electron chi connectivity index (χ0n) is 11.5. The van der Waals surface area contributed by atoms with Crippen LogP contribution in [0.2, 0.25) is 5.02 Å². The number of rotatable bonds is 2. The largest absolute Gasteiger partial charge is 0.427 e. The van der Waals surface area contributed by atoms with Crippen molar-refractivity contribution in [1.82, 2.24) is 4.98 Å². The Morgan fingerprint density at radius 3 is 2.59 bits per heavy atom. The lowest BCUT2D eigenvalue weighted by Crippen LogP contribution is -2.01. The van der Waals surface area contributed by atoms with Crippen LogP contribution >= 0.6 is 22.9 Å². The van der Waals surface area contributed by atoms with Crippen LogP contribution in [-0.4, -0.2) is 11.0 Å². The topological polar surface area (TPSA) is 56.3 Å². The maximum atomic E-state index is 12.2. The van der Waals surface area contributed by atoms with Gasteiger partial charge in [-0.1, -0.05) is 22.9 Å². The molecular formula is C16H10ClNO3S. The second kappa shape index (κ2) is 5.87. The average molecular weight is 332 g/mol. The maximum Gasteiger partial charge on any atom is 0.308 e. The summed E-state index contributed by atoms with van der Waals surface area (Å²) in [6.45, 7) is 1.34. The van der Waals surface area contributed by atoms with Gasteiger partial charge < -0.3 is 4.74 Å². The van der Waals surface area contributed by atoms with Crippen LogP contribution < -0.4 is 9.48 Å². The third-order valence-corrected chi connectivity index (χ3v) is 4.11. The van der Waals surface area contributed by atoms with E-state index >= 15 is 0 Å². The van der Waals surface area contributed by atoms with E-state index in [1.54, 1.807) is 42.5 Å². The Bertz CT molecular complexity index is 919. The smallest absolute Gasteiger partial charge is 0.308 e. The summed E-state index contributed by atoms with van der Waals surface area (Å²) < 4.78 is 4.89. The van der Waals surface area contributed by atoms with Gasteiger partial charge in [-0.2, -0.15) is 0 Å². The second-order valence-corrected chi connectivity index (χ2v) is 5.98. The van der Waals surface area contributed by atoms with Gasteiger partial charge in [-0.15, -0.1) is 0 Å². The summed E-state index contributed by atoms with van der Waals surface area (Å²) in [5, 5.41) is 1.63. The third-order valence-electron chi connectivity index (χ3n) is 2.95. The highest BCUT2D eigenvalue weighted by Gasteiger charge is 2.08. The lowest BCUT2D eigenvalue weighted by atomic mass is 10.2. The summed E-state index contributed by atoms with van der Waals surface area (Å²) in [6.07, 6.45) is 0. The molecule has 3 rings (SSSR count). The summed E-state index contributed by atoms with van der Waals surface area (Å²) in [5.74, 6) is 0.0780. The number of hydrogen-bond acceptors (Lipinski definition) is 5. The van der Waals surface area contributed by atoms with Gasteiger partial charge in [0.25, 0.3) is 0 Å². The average Bonchev–Trinajstić information content (AvgIpc) is 2.48. The molecule has 0 radical (unpaired) electrons. The van der Waals surface area contributed by atoms with Crippen molar-refractivity contribution < 1.29 is 9.53 Å². The first-order valence-electron chi connectivity index (χ1n) is 6.42. The number of fused-ring (bicyclic) bond motifs is 1. The predicted octanol–water partition coefficient (Wildman–Crippen LogP) is 3.90. The van der Waals surface area contributed by atoms with Crippen LogP contribution in [0.25, 0.3) is 21.5 Å². The van der Waals surface area contributed by atoms with Gasteiger partial charge in [0, 0.05) is 17.5 Å². The molecule has 0 aliphatic heterocycles. The van der Waals surface area contributed by atoms with Crippen LogP contribution in [0.15, 0.2) is 47.3 Å². The number of halogens is 1. The molecule has 0 bridgehead atoms. The molecule has 110 valence electrons. The second-order valence-electron chi connectivity index (χ2n) is 4.59. The number of carbonyl (C=O) groups excluding carboxylic acids is 1. The first kappa shape index (κ1) is 14.7. The summed E-state index contributed by atoms with van der Waals surface area (Å²) in [4.78, 5) is 27.6. The van der Waals surface area contributed by atoms with E-state index in [2.05, 4.69) is 4.98 Å². The molecule has 6 heteroatoms. The van der Waals surface area contributed by atoms with E-state index in [0.29, 0.717) is 26.7 Å². The van der Waals surface area contributed by atoms with Crippen molar-refractivity contribution in [2.75, 3.05) is 0 Å². The Labute approximate surface area is 135 Å². The Balaban J connectivity index is 2.05. The number of nitrogens with zero attached hydrogens (tertiary/aromatic N) is 1. The SMILES string of the molecule is CC(=O)Oc1ccc(-c2nc3ccc(Cl)cc3c(=O)s2)cc1. The van der Waals surface area contributed by atoms with Crippen LogP contribution in [0, 0.1) is 0 Å². The molecule has 1 aromatic heterocycles. The Hall–Kier alpha value is -2.24. The minimum Gasteiger partial charge on any atom is -0.427 e. The number of ether oxygens (including phenoxy) is 1. The van der Waals surface area contributed by atoms with Crippen molar-refractivity contribution in [3.8, 4) is 16.3 Å². The summed E-state index contributed by atoms with van der Waals surface area (Å²) >= 11 is 6.96. The number of esters is 1. The molecule has 0 N–H and O–H groups in total. The van der Waals surface area contributed by atoms with E-state index < -0.39 is 0 Å². The number of benzene rings is 2. The monoisotopic (exact) mass is 331 g/mol. The van der Waals surface area contributed by atoms with E-state index in [-0.39, 0.29) is 10.7 Å². The first-order chi connectivity index (χ1) is 10.5. The van der Waals surface area contributed by atoms with Crippen molar-refractivity contribution >= 4 is 39.8 Å². The molecule has 0 aliphatic rings. The minimum absolute atomic E-state index is 0.0911. The number of aromatic nitrogens is 1. The standard InChI is InChI=1S/C16H10ClNO3S/c1-9(19)21-12-5-2-10(3-6-12)15-18-14-7-4-11(17)8-13(14)16(20)22-15/h2-8H,1H3. The summed E-state index contributed by atoms with van der Waals surface area (Å²) in [7, 11) is 0. The highest BCUT2D eigenvalue weighted by atomic mass is 35.5. The Kier molecular flexibility index (Phi) is 3.92. The van der Waals surface area contributed by atoms with Crippen LogP contribution in [0.5, 0.6) is 5.75 Å². The highest BCUT2D eigenvalue weighted by Crippen LogP contribution is 2.25. The van der Waals surface area contributed by atoms with Crippen molar-refractivity contribution in [3.05, 3.63) is 57.0 Å². The molecule has 4 nitrogen and oxygen atoms in total. The molecule has 0 saturated carbocycles.